The molecular formula is C21H24N4O7S. The summed E-state index contributed by atoms with van der Waals surface area (Å²) < 4.78 is 30.8. The van der Waals surface area contributed by atoms with Crippen LogP contribution < -0.4 is 14.9 Å². The molecular weight excluding hydrogens is 452 g/mol. The van der Waals surface area contributed by atoms with Gasteiger partial charge in [-0.05, 0) is 31.0 Å². The van der Waals surface area contributed by atoms with Crippen LogP contribution in [0.5, 0.6) is 0 Å². The number of nitrogens with one attached hydrogen (secondary N) is 2. The van der Waals surface area contributed by atoms with Gasteiger partial charge in [0.15, 0.2) is 0 Å². The van der Waals surface area contributed by atoms with Gasteiger partial charge in [-0.15, -0.1) is 0 Å². The summed E-state index contributed by atoms with van der Waals surface area (Å²) in [6, 6.07) is 11.3. The quantitative estimate of drug-likeness (QED) is 0.415. The fraction of sp³-hybridized carbons (Fsp3) is 0.333. The summed E-state index contributed by atoms with van der Waals surface area (Å²) in [6.07, 6.45) is 2.65. The van der Waals surface area contributed by atoms with E-state index in [4.69, 9.17) is 4.74 Å². The fourth-order valence-corrected chi connectivity index (χ4v) is 4.23. The van der Waals surface area contributed by atoms with Crippen molar-refractivity contribution in [1.29, 1.82) is 0 Å². The standard InChI is InChI=1S/C21H24N4O7S/c1-33(30,31)24(15-6-4-7-16(12-15)25(28)29)14-20(26)23-19-10-3-2-9-18(19)21(27)22-13-17-8-5-11-32-17/h2-4,6-7,9-10,12,17H,5,8,11,13-14H2,1H3,(H,22,27)(H,23,26)/t17-/m1/s1. The van der Waals surface area contributed by atoms with E-state index >= 15 is 0 Å². The Balaban J connectivity index is 1.74. The molecule has 1 aliphatic rings. The van der Waals surface area contributed by atoms with E-state index in [9.17, 15) is 28.1 Å². The molecule has 0 unspecified atom stereocenters. The molecule has 1 fully saturated rings. The molecule has 0 spiro atoms. The average molecular weight is 477 g/mol. The van der Waals surface area contributed by atoms with Gasteiger partial charge in [0.05, 0.1) is 34.2 Å². The van der Waals surface area contributed by atoms with Gasteiger partial charge in [0.25, 0.3) is 11.6 Å². The maximum Gasteiger partial charge on any atom is 0.271 e. The van der Waals surface area contributed by atoms with Crippen LogP contribution in [-0.4, -0.2) is 57.2 Å². The highest BCUT2D eigenvalue weighted by Gasteiger charge is 2.24. The van der Waals surface area contributed by atoms with Crippen molar-refractivity contribution in [2.24, 2.45) is 0 Å². The van der Waals surface area contributed by atoms with Gasteiger partial charge in [-0.25, -0.2) is 8.42 Å². The highest BCUT2D eigenvalue weighted by atomic mass is 32.2. The second-order valence-electron chi connectivity index (χ2n) is 7.49. The molecule has 33 heavy (non-hydrogen) atoms. The van der Waals surface area contributed by atoms with Crippen LogP contribution in [0.2, 0.25) is 0 Å². The highest BCUT2D eigenvalue weighted by molar-refractivity contribution is 7.92. The van der Waals surface area contributed by atoms with E-state index in [2.05, 4.69) is 10.6 Å². The number of carbonyl (C=O) groups is 2. The molecule has 2 N–H and O–H groups in total. The van der Waals surface area contributed by atoms with Crippen molar-refractivity contribution in [1.82, 2.24) is 5.32 Å². The first-order chi connectivity index (χ1) is 15.6. The van der Waals surface area contributed by atoms with Crippen LogP contribution in [0.25, 0.3) is 0 Å². The van der Waals surface area contributed by atoms with Gasteiger partial charge in [-0.1, -0.05) is 18.2 Å². The van der Waals surface area contributed by atoms with Crippen LogP contribution in [0, 0.1) is 10.1 Å². The molecule has 0 saturated carbocycles. The Morgan fingerprint density at radius 3 is 2.64 bits per heavy atom. The van der Waals surface area contributed by atoms with Crippen LogP contribution in [-0.2, 0) is 19.6 Å². The Morgan fingerprint density at radius 2 is 1.97 bits per heavy atom. The summed E-state index contributed by atoms with van der Waals surface area (Å²) >= 11 is 0. The third-order valence-electron chi connectivity index (χ3n) is 4.98. The van der Waals surface area contributed by atoms with E-state index in [1.54, 1.807) is 12.1 Å². The Morgan fingerprint density at radius 1 is 1.21 bits per heavy atom. The molecule has 0 aliphatic carbocycles. The smallest absolute Gasteiger partial charge is 0.271 e. The fourth-order valence-electron chi connectivity index (χ4n) is 3.38. The minimum absolute atomic E-state index is 0.0237. The molecule has 176 valence electrons. The molecule has 2 aromatic carbocycles. The number of rotatable bonds is 9. The molecule has 1 aliphatic heterocycles. The number of amides is 2. The third kappa shape index (κ3) is 6.49. The van der Waals surface area contributed by atoms with Gasteiger partial charge >= 0.3 is 0 Å². The van der Waals surface area contributed by atoms with Gasteiger partial charge < -0.3 is 15.4 Å². The lowest BCUT2D eigenvalue weighted by atomic mass is 10.1. The highest BCUT2D eigenvalue weighted by Crippen LogP contribution is 2.23. The normalized spacial score (nSPS) is 15.6. The Hall–Kier alpha value is -3.51. The summed E-state index contributed by atoms with van der Waals surface area (Å²) in [5, 5.41) is 16.4. The van der Waals surface area contributed by atoms with E-state index in [0.29, 0.717) is 13.2 Å². The predicted molar refractivity (Wildman–Crippen MR) is 122 cm³/mol. The molecule has 1 heterocycles. The van der Waals surface area contributed by atoms with Crippen molar-refractivity contribution in [3.05, 3.63) is 64.2 Å². The topological polar surface area (TPSA) is 148 Å². The number of ether oxygens (including phenoxy) is 1. The van der Waals surface area contributed by atoms with Crippen LogP contribution in [0.15, 0.2) is 48.5 Å². The van der Waals surface area contributed by atoms with Crippen LogP contribution in [0.3, 0.4) is 0 Å². The van der Waals surface area contributed by atoms with Gasteiger partial charge in [0, 0.05) is 25.3 Å². The number of para-hydroxylation sites is 1. The Kier molecular flexibility index (Phi) is 7.61. The van der Waals surface area contributed by atoms with Crippen molar-refractivity contribution in [2.45, 2.75) is 18.9 Å². The van der Waals surface area contributed by atoms with E-state index in [1.165, 1.54) is 30.3 Å². The number of anilines is 2. The zero-order chi connectivity index (χ0) is 24.0. The maximum atomic E-state index is 12.7. The zero-order valence-corrected chi connectivity index (χ0v) is 18.7. The number of hydrogen-bond donors (Lipinski definition) is 2. The summed E-state index contributed by atoms with van der Waals surface area (Å²) in [6.45, 7) is 0.371. The number of nitrogens with zero attached hydrogens (tertiary/aromatic N) is 2. The maximum absolute atomic E-state index is 12.7. The predicted octanol–water partition coefficient (Wildman–Crippen LogP) is 1.91. The number of benzene rings is 2. The van der Waals surface area contributed by atoms with E-state index in [1.807, 2.05) is 0 Å². The van der Waals surface area contributed by atoms with E-state index in [-0.39, 0.29) is 28.7 Å². The molecule has 0 aromatic heterocycles. The van der Waals surface area contributed by atoms with Crippen molar-refractivity contribution in [3.8, 4) is 0 Å². The molecule has 2 amide bonds. The number of hydrogen-bond acceptors (Lipinski definition) is 7. The second kappa shape index (κ2) is 10.4. The first-order valence-corrected chi connectivity index (χ1v) is 12.0. The van der Waals surface area contributed by atoms with Gasteiger partial charge in [-0.3, -0.25) is 24.0 Å². The van der Waals surface area contributed by atoms with Crippen molar-refractivity contribution < 1.29 is 27.7 Å². The average Bonchev–Trinajstić information content (AvgIpc) is 3.29. The second-order valence-corrected chi connectivity index (χ2v) is 9.39. The molecule has 1 saturated heterocycles. The summed E-state index contributed by atoms with van der Waals surface area (Å²) in [5.41, 5.74) is 0.0872. The summed E-state index contributed by atoms with van der Waals surface area (Å²) in [7, 11) is -3.94. The van der Waals surface area contributed by atoms with Crippen LogP contribution in [0.4, 0.5) is 17.1 Å². The largest absolute Gasteiger partial charge is 0.376 e. The lowest BCUT2D eigenvalue weighted by molar-refractivity contribution is -0.384. The van der Waals surface area contributed by atoms with Crippen molar-refractivity contribution in [2.75, 3.05) is 35.6 Å². The minimum atomic E-state index is -3.94. The summed E-state index contributed by atoms with van der Waals surface area (Å²) in [4.78, 5) is 35.7. The SMILES string of the molecule is CS(=O)(=O)N(CC(=O)Nc1ccccc1C(=O)NC[C@H]1CCCO1)c1cccc([N+](=O)[O-])c1. The first-order valence-electron chi connectivity index (χ1n) is 10.2. The molecule has 12 heteroatoms. The monoisotopic (exact) mass is 476 g/mol. The molecule has 0 bridgehead atoms. The number of nitro benzene ring substituents is 1. The number of sulfonamides is 1. The lowest BCUT2D eigenvalue weighted by Crippen LogP contribution is -2.38. The molecule has 11 nitrogen and oxygen atoms in total. The van der Waals surface area contributed by atoms with Gasteiger partial charge in [-0.2, -0.15) is 0 Å². The first kappa shape index (κ1) is 24.1. The van der Waals surface area contributed by atoms with Crippen LogP contribution in [0.1, 0.15) is 23.2 Å². The molecule has 1 atom stereocenters. The minimum Gasteiger partial charge on any atom is -0.376 e. The van der Waals surface area contributed by atoms with Gasteiger partial charge in [0.1, 0.15) is 6.54 Å². The molecule has 2 aromatic rings. The Bertz CT molecular complexity index is 1150. The van der Waals surface area contributed by atoms with Crippen LogP contribution >= 0.6 is 0 Å². The Labute approximate surface area is 190 Å². The number of carbonyl (C=O) groups excluding carboxylic acids is 2. The van der Waals surface area contributed by atoms with E-state index < -0.39 is 33.3 Å². The van der Waals surface area contributed by atoms with E-state index in [0.717, 1.165) is 29.5 Å². The van der Waals surface area contributed by atoms with Crippen molar-refractivity contribution in [3.63, 3.8) is 0 Å². The summed E-state index contributed by atoms with van der Waals surface area (Å²) in [5.74, 6) is -1.12. The zero-order valence-electron chi connectivity index (χ0n) is 17.9. The molecule has 0 radical (unpaired) electrons. The lowest BCUT2D eigenvalue weighted by Gasteiger charge is -2.22. The van der Waals surface area contributed by atoms with Gasteiger partial charge in [0.2, 0.25) is 15.9 Å². The van der Waals surface area contributed by atoms with Crippen molar-refractivity contribution >= 4 is 38.9 Å². The number of non-ortho nitro benzene ring substituents is 1. The molecule has 3 rings (SSSR count). The third-order valence-corrected chi connectivity index (χ3v) is 6.12. The number of nitro groups is 1.